The zero-order valence-corrected chi connectivity index (χ0v) is 10.4. The third-order valence-electron chi connectivity index (χ3n) is 4.34. The van der Waals surface area contributed by atoms with E-state index in [-0.39, 0.29) is 10.6 Å². The Kier molecular flexibility index (Phi) is 2.69. The second-order valence-corrected chi connectivity index (χ2v) is 5.54. The molecule has 1 heterocycles. The van der Waals surface area contributed by atoms with Crippen molar-refractivity contribution >= 4 is 11.5 Å². The summed E-state index contributed by atoms with van der Waals surface area (Å²) in [4.78, 5) is 14.8. The Morgan fingerprint density at radius 2 is 2.28 bits per heavy atom. The molecule has 1 aromatic rings. The van der Waals surface area contributed by atoms with Crippen LogP contribution in [0.2, 0.25) is 0 Å². The summed E-state index contributed by atoms with van der Waals surface area (Å²) in [5.41, 5.74) is 0.758. The van der Waals surface area contributed by atoms with Gasteiger partial charge in [-0.05, 0) is 38.0 Å². The van der Waals surface area contributed by atoms with Crippen LogP contribution in [0.4, 0.5) is 11.5 Å². The van der Waals surface area contributed by atoms with Crippen molar-refractivity contribution in [1.82, 2.24) is 4.98 Å². The Bertz CT molecular complexity index is 489. The minimum atomic E-state index is -0.344. The van der Waals surface area contributed by atoms with Crippen molar-refractivity contribution in [3.8, 4) is 0 Å². The minimum absolute atomic E-state index is 0.149. The number of pyridine rings is 1. The fourth-order valence-electron chi connectivity index (χ4n) is 3.40. The van der Waals surface area contributed by atoms with E-state index < -0.39 is 0 Å². The number of aryl methyl sites for hydroxylation is 1. The molecule has 0 saturated heterocycles. The molecule has 2 aliphatic rings. The summed E-state index contributed by atoms with van der Waals surface area (Å²) < 4.78 is 0. The number of nitro groups is 1. The summed E-state index contributed by atoms with van der Waals surface area (Å²) in [6, 6.07) is 2.01. The van der Waals surface area contributed by atoms with Crippen molar-refractivity contribution in [1.29, 1.82) is 0 Å². The molecule has 1 N–H and O–H groups in total. The molecule has 3 unspecified atom stereocenters. The average molecular weight is 247 g/mol. The number of anilines is 1. The van der Waals surface area contributed by atoms with Crippen LogP contribution in [0, 0.1) is 28.9 Å². The van der Waals surface area contributed by atoms with Gasteiger partial charge in [0.05, 0.1) is 11.0 Å². The zero-order chi connectivity index (χ0) is 12.7. The lowest BCUT2D eigenvalue weighted by molar-refractivity contribution is -0.385. The van der Waals surface area contributed by atoms with Gasteiger partial charge in [-0.15, -0.1) is 0 Å². The number of nitrogens with zero attached hydrogens (tertiary/aromatic N) is 2. The third kappa shape index (κ3) is 1.94. The van der Waals surface area contributed by atoms with Crippen molar-refractivity contribution < 1.29 is 4.92 Å². The predicted molar refractivity (Wildman–Crippen MR) is 68.5 cm³/mol. The number of fused-ring (bicyclic) bond motifs is 2. The van der Waals surface area contributed by atoms with Crippen LogP contribution < -0.4 is 5.32 Å². The molecule has 2 bridgehead atoms. The Morgan fingerprint density at radius 3 is 2.89 bits per heavy atom. The van der Waals surface area contributed by atoms with E-state index in [2.05, 4.69) is 10.3 Å². The van der Waals surface area contributed by atoms with Gasteiger partial charge in [-0.3, -0.25) is 10.1 Å². The number of nitrogens with one attached hydrogen (secondary N) is 1. The average Bonchev–Trinajstić information content (AvgIpc) is 2.93. The molecule has 0 amide bonds. The van der Waals surface area contributed by atoms with Gasteiger partial charge in [0.1, 0.15) is 5.82 Å². The predicted octanol–water partition coefficient (Wildman–Crippen LogP) is 2.90. The van der Waals surface area contributed by atoms with Gasteiger partial charge in [0.2, 0.25) is 0 Å². The lowest BCUT2D eigenvalue weighted by atomic mass is 9.95. The fraction of sp³-hybridized carbons (Fsp3) is 0.615. The molecule has 3 rings (SSSR count). The standard InChI is InChI=1S/C13H17N3O2/c1-8-7-14-13(6-12(8)16(17)18)15-11-5-9-2-3-10(11)4-9/h6-7,9-11H,2-5H2,1H3,(H,14,15). The van der Waals surface area contributed by atoms with Gasteiger partial charge < -0.3 is 5.32 Å². The van der Waals surface area contributed by atoms with Gasteiger partial charge in [-0.1, -0.05) is 6.42 Å². The molecule has 0 aliphatic heterocycles. The highest BCUT2D eigenvalue weighted by Crippen LogP contribution is 2.45. The van der Waals surface area contributed by atoms with E-state index in [1.54, 1.807) is 19.2 Å². The van der Waals surface area contributed by atoms with Crippen molar-refractivity contribution in [2.75, 3.05) is 5.32 Å². The molecule has 18 heavy (non-hydrogen) atoms. The van der Waals surface area contributed by atoms with E-state index in [4.69, 9.17) is 0 Å². The van der Waals surface area contributed by atoms with E-state index in [1.807, 2.05) is 0 Å². The second kappa shape index (κ2) is 4.23. The summed E-state index contributed by atoms with van der Waals surface area (Å²) in [5, 5.41) is 14.3. The van der Waals surface area contributed by atoms with E-state index in [0.717, 1.165) is 11.8 Å². The second-order valence-electron chi connectivity index (χ2n) is 5.54. The van der Waals surface area contributed by atoms with Crippen LogP contribution in [-0.4, -0.2) is 15.9 Å². The minimum Gasteiger partial charge on any atom is -0.367 e. The highest BCUT2D eigenvalue weighted by molar-refractivity contribution is 5.49. The lowest BCUT2D eigenvalue weighted by Crippen LogP contribution is -2.26. The first-order valence-electron chi connectivity index (χ1n) is 6.51. The Morgan fingerprint density at radius 1 is 1.44 bits per heavy atom. The maximum atomic E-state index is 10.9. The quantitative estimate of drug-likeness (QED) is 0.658. The van der Waals surface area contributed by atoms with Gasteiger partial charge in [-0.2, -0.15) is 0 Å². The summed E-state index contributed by atoms with van der Waals surface area (Å²) in [5.74, 6) is 2.23. The molecule has 0 radical (unpaired) electrons. The highest BCUT2D eigenvalue weighted by atomic mass is 16.6. The van der Waals surface area contributed by atoms with Crippen LogP contribution in [-0.2, 0) is 0 Å². The van der Waals surface area contributed by atoms with E-state index in [1.165, 1.54) is 25.7 Å². The molecule has 5 nitrogen and oxygen atoms in total. The third-order valence-corrected chi connectivity index (χ3v) is 4.34. The van der Waals surface area contributed by atoms with Gasteiger partial charge in [0.15, 0.2) is 0 Å². The van der Waals surface area contributed by atoms with Crippen molar-refractivity contribution in [2.24, 2.45) is 11.8 Å². The molecule has 5 heteroatoms. The van der Waals surface area contributed by atoms with Crippen molar-refractivity contribution in [2.45, 2.75) is 38.6 Å². The fourth-order valence-corrected chi connectivity index (χ4v) is 3.40. The maximum Gasteiger partial charge on any atom is 0.277 e. The molecule has 0 aromatic carbocycles. The summed E-state index contributed by atoms with van der Waals surface area (Å²) in [7, 11) is 0. The summed E-state index contributed by atoms with van der Waals surface area (Å²) >= 11 is 0. The molecular weight excluding hydrogens is 230 g/mol. The van der Waals surface area contributed by atoms with Crippen LogP contribution in [0.15, 0.2) is 12.3 Å². The monoisotopic (exact) mass is 247 g/mol. The molecule has 2 aliphatic carbocycles. The summed E-state index contributed by atoms with van der Waals surface area (Å²) in [6.07, 6.45) is 6.72. The lowest BCUT2D eigenvalue weighted by Gasteiger charge is -2.23. The first-order chi connectivity index (χ1) is 8.63. The van der Waals surface area contributed by atoms with Crippen LogP contribution in [0.3, 0.4) is 0 Å². The molecular formula is C13H17N3O2. The van der Waals surface area contributed by atoms with E-state index in [9.17, 15) is 10.1 Å². The smallest absolute Gasteiger partial charge is 0.277 e. The van der Waals surface area contributed by atoms with Gasteiger partial charge >= 0.3 is 0 Å². The highest BCUT2D eigenvalue weighted by Gasteiger charge is 2.39. The van der Waals surface area contributed by atoms with Gasteiger partial charge in [-0.25, -0.2) is 4.98 Å². The summed E-state index contributed by atoms with van der Waals surface area (Å²) in [6.45, 7) is 1.71. The molecule has 0 spiro atoms. The number of hydrogen-bond acceptors (Lipinski definition) is 4. The molecule has 1 aromatic heterocycles. The SMILES string of the molecule is Cc1cnc(NC2CC3CCC2C3)cc1[N+](=O)[O-]. The normalized spacial score (nSPS) is 29.5. The van der Waals surface area contributed by atoms with E-state index >= 15 is 0 Å². The number of rotatable bonds is 3. The molecule has 96 valence electrons. The topological polar surface area (TPSA) is 68.1 Å². The van der Waals surface area contributed by atoms with Crippen LogP contribution in [0.5, 0.6) is 0 Å². The Hall–Kier alpha value is -1.65. The maximum absolute atomic E-state index is 10.9. The molecule has 2 saturated carbocycles. The van der Waals surface area contributed by atoms with Crippen molar-refractivity contribution in [3.05, 3.63) is 27.9 Å². The van der Waals surface area contributed by atoms with Gasteiger partial charge in [0, 0.05) is 17.8 Å². The van der Waals surface area contributed by atoms with E-state index in [0.29, 0.717) is 17.4 Å². The van der Waals surface area contributed by atoms with Crippen molar-refractivity contribution in [3.63, 3.8) is 0 Å². The zero-order valence-electron chi connectivity index (χ0n) is 10.4. The van der Waals surface area contributed by atoms with Crippen LogP contribution in [0.1, 0.15) is 31.2 Å². The first kappa shape index (κ1) is 11.4. The number of aromatic nitrogens is 1. The molecule has 3 atom stereocenters. The van der Waals surface area contributed by atoms with Crippen LogP contribution in [0.25, 0.3) is 0 Å². The Labute approximate surface area is 106 Å². The molecule has 2 fully saturated rings. The Balaban J connectivity index is 1.77. The number of hydrogen-bond donors (Lipinski definition) is 1. The first-order valence-corrected chi connectivity index (χ1v) is 6.51. The largest absolute Gasteiger partial charge is 0.367 e. The van der Waals surface area contributed by atoms with Crippen LogP contribution >= 0.6 is 0 Å². The van der Waals surface area contributed by atoms with Gasteiger partial charge in [0.25, 0.3) is 5.69 Å².